The zero-order valence-electron chi connectivity index (χ0n) is 13.0. The zero-order chi connectivity index (χ0) is 16.2. The van der Waals surface area contributed by atoms with Crippen molar-refractivity contribution in [2.24, 2.45) is 0 Å². The SMILES string of the molecule is CCN(CC)C(=O)CSc1nn2cc(-c3cccnc3)nc2s1. The van der Waals surface area contributed by atoms with E-state index < -0.39 is 0 Å². The molecular formula is C15H17N5OS2. The van der Waals surface area contributed by atoms with Gasteiger partial charge in [0.25, 0.3) is 0 Å². The molecule has 3 aromatic heterocycles. The first kappa shape index (κ1) is 15.9. The first-order valence-corrected chi connectivity index (χ1v) is 9.18. The third-order valence-electron chi connectivity index (χ3n) is 3.42. The Hall–Kier alpha value is -1.93. The number of thioether (sulfide) groups is 1. The van der Waals surface area contributed by atoms with Crippen molar-refractivity contribution in [3.05, 3.63) is 30.7 Å². The molecule has 0 aliphatic heterocycles. The van der Waals surface area contributed by atoms with Crippen molar-refractivity contribution < 1.29 is 4.79 Å². The minimum Gasteiger partial charge on any atom is -0.343 e. The smallest absolute Gasteiger partial charge is 0.233 e. The fraction of sp³-hybridized carbons (Fsp3) is 0.333. The summed E-state index contributed by atoms with van der Waals surface area (Å²) in [7, 11) is 0. The number of rotatable bonds is 6. The van der Waals surface area contributed by atoms with E-state index in [4.69, 9.17) is 0 Å². The molecular weight excluding hydrogens is 330 g/mol. The maximum Gasteiger partial charge on any atom is 0.233 e. The lowest BCUT2D eigenvalue weighted by Gasteiger charge is -2.17. The molecule has 0 spiro atoms. The van der Waals surface area contributed by atoms with Gasteiger partial charge in [0.1, 0.15) is 0 Å². The normalized spacial score (nSPS) is 11.0. The van der Waals surface area contributed by atoms with Crippen molar-refractivity contribution in [3.8, 4) is 11.3 Å². The first-order chi connectivity index (χ1) is 11.2. The molecule has 0 bridgehead atoms. The number of amides is 1. The van der Waals surface area contributed by atoms with Crippen LogP contribution in [0.5, 0.6) is 0 Å². The Kier molecular flexibility index (Phi) is 4.92. The third kappa shape index (κ3) is 3.53. The van der Waals surface area contributed by atoms with Crippen LogP contribution >= 0.6 is 23.1 Å². The zero-order valence-corrected chi connectivity index (χ0v) is 14.6. The number of pyridine rings is 1. The molecule has 0 fully saturated rings. The Labute approximate surface area is 142 Å². The Morgan fingerprint density at radius 1 is 1.39 bits per heavy atom. The maximum atomic E-state index is 12.0. The summed E-state index contributed by atoms with van der Waals surface area (Å²) < 4.78 is 2.61. The lowest BCUT2D eigenvalue weighted by molar-refractivity contribution is -0.127. The van der Waals surface area contributed by atoms with E-state index >= 15 is 0 Å². The summed E-state index contributed by atoms with van der Waals surface area (Å²) >= 11 is 2.96. The van der Waals surface area contributed by atoms with E-state index in [1.165, 1.54) is 23.1 Å². The van der Waals surface area contributed by atoms with E-state index in [2.05, 4.69) is 15.1 Å². The van der Waals surface area contributed by atoms with Crippen molar-refractivity contribution in [2.75, 3.05) is 18.8 Å². The van der Waals surface area contributed by atoms with Crippen LogP contribution in [-0.4, -0.2) is 49.2 Å². The molecule has 3 rings (SSSR count). The van der Waals surface area contributed by atoms with Gasteiger partial charge in [0.05, 0.1) is 17.6 Å². The number of carbonyl (C=O) groups is 1. The number of carbonyl (C=O) groups excluding carboxylic acids is 1. The molecule has 0 atom stereocenters. The topological polar surface area (TPSA) is 63.4 Å². The van der Waals surface area contributed by atoms with Crippen LogP contribution in [0, 0.1) is 0 Å². The standard InChI is InChI=1S/C15H17N5OS2/c1-3-19(4-2)13(21)10-22-15-18-20-9-12(17-14(20)23-15)11-6-5-7-16-8-11/h5-9H,3-4,10H2,1-2H3. The first-order valence-electron chi connectivity index (χ1n) is 7.38. The second-order valence-corrected chi connectivity index (χ2v) is 7.00. The molecule has 1 amide bonds. The van der Waals surface area contributed by atoms with Gasteiger partial charge in [-0.2, -0.15) is 0 Å². The number of aromatic nitrogens is 4. The van der Waals surface area contributed by atoms with E-state index in [1.807, 2.05) is 37.1 Å². The van der Waals surface area contributed by atoms with Crippen LogP contribution < -0.4 is 0 Å². The average Bonchev–Trinajstić information content (AvgIpc) is 3.13. The predicted octanol–water partition coefficient (Wildman–Crippen LogP) is 2.81. The number of imidazole rings is 1. The quantitative estimate of drug-likeness (QED) is 0.642. The average molecular weight is 347 g/mol. The van der Waals surface area contributed by atoms with Gasteiger partial charge in [-0.3, -0.25) is 9.78 Å². The van der Waals surface area contributed by atoms with Crippen LogP contribution in [0.15, 0.2) is 35.1 Å². The van der Waals surface area contributed by atoms with Crippen molar-refractivity contribution >= 4 is 34.0 Å². The largest absolute Gasteiger partial charge is 0.343 e. The monoisotopic (exact) mass is 347 g/mol. The molecule has 0 radical (unpaired) electrons. The maximum absolute atomic E-state index is 12.0. The van der Waals surface area contributed by atoms with Crippen LogP contribution in [0.3, 0.4) is 0 Å². The van der Waals surface area contributed by atoms with Crippen molar-refractivity contribution in [2.45, 2.75) is 18.2 Å². The molecule has 0 aliphatic rings. The minimum absolute atomic E-state index is 0.142. The van der Waals surface area contributed by atoms with Crippen molar-refractivity contribution in [1.82, 2.24) is 24.5 Å². The molecule has 3 aromatic rings. The van der Waals surface area contributed by atoms with Crippen LogP contribution in [0.2, 0.25) is 0 Å². The number of fused-ring (bicyclic) bond motifs is 1. The van der Waals surface area contributed by atoms with Gasteiger partial charge in [0.2, 0.25) is 10.9 Å². The molecule has 0 aliphatic carbocycles. The van der Waals surface area contributed by atoms with Gasteiger partial charge in [-0.05, 0) is 26.0 Å². The van der Waals surface area contributed by atoms with E-state index in [9.17, 15) is 4.79 Å². The van der Waals surface area contributed by atoms with E-state index in [0.29, 0.717) is 5.75 Å². The summed E-state index contributed by atoms with van der Waals surface area (Å²) in [5.41, 5.74) is 1.82. The molecule has 23 heavy (non-hydrogen) atoms. The van der Waals surface area contributed by atoms with Gasteiger partial charge >= 0.3 is 0 Å². The second-order valence-electron chi connectivity index (χ2n) is 4.82. The van der Waals surface area contributed by atoms with Crippen LogP contribution in [0.4, 0.5) is 0 Å². The summed E-state index contributed by atoms with van der Waals surface area (Å²) in [6.07, 6.45) is 5.41. The third-order valence-corrected chi connectivity index (χ3v) is 5.46. The molecule has 0 saturated heterocycles. The van der Waals surface area contributed by atoms with Gasteiger partial charge < -0.3 is 4.90 Å². The molecule has 8 heteroatoms. The highest BCUT2D eigenvalue weighted by Crippen LogP contribution is 2.27. The van der Waals surface area contributed by atoms with Crippen LogP contribution in [-0.2, 0) is 4.79 Å². The fourth-order valence-electron chi connectivity index (χ4n) is 2.18. The molecule has 0 unspecified atom stereocenters. The van der Waals surface area contributed by atoms with Crippen LogP contribution in [0.25, 0.3) is 16.2 Å². The Bertz CT molecular complexity index is 763. The molecule has 3 heterocycles. The molecule has 0 N–H and O–H groups in total. The Balaban J connectivity index is 1.70. The van der Waals surface area contributed by atoms with Crippen LogP contribution in [0.1, 0.15) is 13.8 Å². The molecule has 0 aromatic carbocycles. The van der Waals surface area contributed by atoms with Crippen molar-refractivity contribution in [3.63, 3.8) is 0 Å². The minimum atomic E-state index is 0.142. The highest BCUT2D eigenvalue weighted by atomic mass is 32.2. The fourth-order valence-corrected chi connectivity index (χ4v) is 4.01. The van der Waals surface area contributed by atoms with Gasteiger partial charge in [0.15, 0.2) is 4.34 Å². The number of nitrogens with zero attached hydrogens (tertiary/aromatic N) is 5. The molecule has 120 valence electrons. The van der Waals surface area contributed by atoms with Gasteiger partial charge in [0, 0.05) is 31.0 Å². The van der Waals surface area contributed by atoms with E-state index in [-0.39, 0.29) is 5.91 Å². The summed E-state index contributed by atoms with van der Waals surface area (Å²) in [6, 6.07) is 3.86. The summed E-state index contributed by atoms with van der Waals surface area (Å²) in [5, 5.41) is 4.49. The Morgan fingerprint density at radius 3 is 2.87 bits per heavy atom. The lowest BCUT2D eigenvalue weighted by Crippen LogP contribution is -2.31. The highest BCUT2D eigenvalue weighted by Gasteiger charge is 2.14. The second kappa shape index (κ2) is 7.10. The molecule has 0 saturated carbocycles. The van der Waals surface area contributed by atoms with Gasteiger partial charge in [-0.1, -0.05) is 23.1 Å². The van der Waals surface area contributed by atoms with Gasteiger partial charge in [-0.25, -0.2) is 9.50 Å². The lowest BCUT2D eigenvalue weighted by atomic mass is 10.2. The predicted molar refractivity (Wildman–Crippen MR) is 92.7 cm³/mol. The summed E-state index contributed by atoms with van der Waals surface area (Å²) in [5.74, 6) is 0.553. The number of hydrogen-bond donors (Lipinski definition) is 0. The van der Waals surface area contributed by atoms with E-state index in [1.54, 1.807) is 16.9 Å². The van der Waals surface area contributed by atoms with E-state index in [0.717, 1.165) is 33.6 Å². The summed E-state index contributed by atoms with van der Waals surface area (Å²) in [4.78, 5) is 23.3. The summed E-state index contributed by atoms with van der Waals surface area (Å²) in [6.45, 7) is 5.46. The van der Waals surface area contributed by atoms with Gasteiger partial charge in [-0.15, -0.1) is 5.10 Å². The molecule has 6 nitrogen and oxygen atoms in total. The Morgan fingerprint density at radius 2 is 2.22 bits per heavy atom. The number of hydrogen-bond acceptors (Lipinski definition) is 6. The highest BCUT2D eigenvalue weighted by molar-refractivity contribution is 8.01. The van der Waals surface area contributed by atoms with Crippen molar-refractivity contribution in [1.29, 1.82) is 0 Å².